The molecular formula is C13H10O2S. The number of carbonyl (C=O) groups is 2. The van der Waals surface area contributed by atoms with E-state index in [1.54, 1.807) is 24.3 Å². The van der Waals surface area contributed by atoms with Crippen LogP contribution in [0, 0.1) is 0 Å². The van der Waals surface area contributed by atoms with Gasteiger partial charge in [-0.1, -0.05) is 18.2 Å². The molecule has 3 heteroatoms. The highest BCUT2D eigenvalue weighted by molar-refractivity contribution is 8.03. The first kappa shape index (κ1) is 10.9. The number of rotatable bonds is 1. The van der Waals surface area contributed by atoms with E-state index in [0.717, 1.165) is 16.1 Å². The smallest absolute Gasteiger partial charge is 0.192 e. The Balaban J connectivity index is 2.39. The second-order valence-corrected chi connectivity index (χ2v) is 4.24. The Morgan fingerprint density at radius 1 is 0.875 bits per heavy atom. The van der Waals surface area contributed by atoms with Crippen molar-refractivity contribution < 1.29 is 9.59 Å². The van der Waals surface area contributed by atoms with Gasteiger partial charge in [0.2, 0.25) is 0 Å². The Morgan fingerprint density at radius 2 is 1.50 bits per heavy atom. The summed E-state index contributed by atoms with van der Waals surface area (Å²) >= 11 is 1.43. The minimum atomic E-state index is -0.00529. The highest BCUT2D eigenvalue weighted by atomic mass is 32.2. The van der Waals surface area contributed by atoms with Crippen LogP contribution in [0.15, 0.2) is 58.6 Å². The minimum absolute atomic E-state index is 0.00529. The zero-order valence-corrected chi connectivity index (χ0v) is 9.58. The summed E-state index contributed by atoms with van der Waals surface area (Å²) in [6.07, 6.45) is 13.7. The van der Waals surface area contributed by atoms with E-state index < -0.39 is 0 Å². The van der Waals surface area contributed by atoms with Gasteiger partial charge >= 0.3 is 0 Å². The molecule has 2 aliphatic rings. The number of hydrogen-bond acceptors (Lipinski definition) is 3. The zero-order valence-electron chi connectivity index (χ0n) is 8.77. The molecule has 0 atom stereocenters. The van der Waals surface area contributed by atoms with E-state index in [1.807, 2.05) is 12.3 Å². The van der Waals surface area contributed by atoms with Crippen LogP contribution in [0.4, 0.5) is 0 Å². The molecule has 0 amide bonds. The molecule has 0 radical (unpaired) electrons. The van der Waals surface area contributed by atoms with Crippen molar-refractivity contribution in [1.29, 1.82) is 0 Å². The molecule has 2 rings (SSSR count). The summed E-state index contributed by atoms with van der Waals surface area (Å²) in [6, 6.07) is 0. The van der Waals surface area contributed by atoms with Crippen LogP contribution in [0.25, 0.3) is 0 Å². The fourth-order valence-electron chi connectivity index (χ4n) is 1.49. The lowest BCUT2D eigenvalue weighted by Crippen LogP contribution is -2.01. The number of ketones is 2. The predicted molar refractivity (Wildman–Crippen MR) is 66.1 cm³/mol. The Labute approximate surface area is 98.1 Å². The van der Waals surface area contributed by atoms with Crippen LogP contribution in [-0.2, 0) is 9.59 Å². The van der Waals surface area contributed by atoms with Crippen LogP contribution in [0.5, 0.6) is 0 Å². The van der Waals surface area contributed by atoms with Gasteiger partial charge in [-0.15, -0.1) is 11.8 Å². The Kier molecular flexibility index (Phi) is 3.06. The van der Waals surface area contributed by atoms with E-state index in [0.29, 0.717) is 0 Å². The molecule has 0 N–H and O–H groups in total. The van der Waals surface area contributed by atoms with Crippen molar-refractivity contribution >= 4 is 23.3 Å². The number of thioether (sulfide) groups is 1. The zero-order chi connectivity index (χ0) is 11.5. The summed E-state index contributed by atoms with van der Waals surface area (Å²) in [5, 5.41) is 0. The molecule has 0 aromatic heterocycles. The van der Waals surface area contributed by atoms with Crippen molar-refractivity contribution in [2.45, 2.75) is 0 Å². The molecule has 0 aliphatic heterocycles. The molecule has 0 saturated carbocycles. The standard InChI is InChI=1S/C13H10O2S/c1-16-13-8-10(4-7-12(13)15)9-2-5-11(14)6-3-9/h2-8H,1H3. The van der Waals surface area contributed by atoms with Crippen LogP contribution in [0.2, 0.25) is 0 Å². The molecule has 0 spiro atoms. The van der Waals surface area contributed by atoms with E-state index in [2.05, 4.69) is 0 Å². The highest BCUT2D eigenvalue weighted by Gasteiger charge is 2.12. The summed E-state index contributed by atoms with van der Waals surface area (Å²) in [4.78, 5) is 23.1. The number of carbonyl (C=O) groups excluding carboxylic acids is 2. The maximum absolute atomic E-state index is 11.4. The van der Waals surface area contributed by atoms with Crippen LogP contribution >= 0.6 is 11.8 Å². The lowest BCUT2D eigenvalue weighted by molar-refractivity contribution is -0.111. The molecular weight excluding hydrogens is 220 g/mol. The van der Waals surface area contributed by atoms with Gasteiger partial charge in [0.15, 0.2) is 11.6 Å². The summed E-state index contributed by atoms with van der Waals surface area (Å²) in [7, 11) is 0. The lowest BCUT2D eigenvalue weighted by atomic mass is 9.99. The van der Waals surface area contributed by atoms with Crippen molar-refractivity contribution in [2.75, 3.05) is 6.26 Å². The molecule has 2 aliphatic carbocycles. The van der Waals surface area contributed by atoms with Gasteiger partial charge in [-0.25, -0.2) is 0 Å². The molecule has 0 fully saturated rings. The van der Waals surface area contributed by atoms with Crippen molar-refractivity contribution in [3.63, 3.8) is 0 Å². The van der Waals surface area contributed by atoms with Crippen molar-refractivity contribution in [3.8, 4) is 0 Å². The first-order chi connectivity index (χ1) is 7.70. The maximum Gasteiger partial charge on any atom is 0.192 e. The third kappa shape index (κ3) is 2.14. The Morgan fingerprint density at radius 3 is 2.12 bits per heavy atom. The molecule has 0 unspecified atom stereocenters. The molecule has 2 nitrogen and oxygen atoms in total. The maximum atomic E-state index is 11.4. The third-order valence-corrected chi connectivity index (χ3v) is 3.11. The molecule has 0 heterocycles. The van der Waals surface area contributed by atoms with Gasteiger partial charge in [-0.3, -0.25) is 9.59 Å². The monoisotopic (exact) mass is 230 g/mol. The average molecular weight is 230 g/mol. The van der Waals surface area contributed by atoms with Crippen molar-refractivity contribution in [3.05, 3.63) is 58.6 Å². The quantitative estimate of drug-likeness (QED) is 0.693. The Hall–Kier alpha value is -1.61. The fourth-order valence-corrected chi connectivity index (χ4v) is 2.01. The van der Waals surface area contributed by atoms with Gasteiger partial charge in [0, 0.05) is 0 Å². The van der Waals surface area contributed by atoms with E-state index in [4.69, 9.17) is 0 Å². The fraction of sp³-hybridized carbons (Fsp3) is 0.0769. The molecule has 16 heavy (non-hydrogen) atoms. The largest absolute Gasteiger partial charge is 0.290 e. The van der Waals surface area contributed by atoms with Gasteiger partial charge in [0.1, 0.15) is 0 Å². The van der Waals surface area contributed by atoms with Crippen LogP contribution in [-0.4, -0.2) is 17.8 Å². The SMILES string of the molecule is CSC1=CC(=C2C=CC(=O)C=C2)C=CC1=O. The first-order valence-electron chi connectivity index (χ1n) is 4.83. The van der Waals surface area contributed by atoms with Crippen LogP contribution in [0.1, 0.15) is 0 Å². The van der Waals surface area contributed by atoms with Crippen molar-refractivity contribution in [2.24, 2.45) is 0 Å². The van der Waals surface area contributed by atoms with Gasteiger partial charge in [-0.05, 0) is 41.7 Å². The minimum Gasteiger partial charge on any atom is -0.290 e. The second-order valence-electron chi connectivity index (χ2n) is 3.39. The second kappa shape index (κ2) is 4.49. The van der Waals surface area contributed by atoms with Gasteiger partial charge < -0.3 is 0 Å². The molecule has 0 saturated heterocycles. The molecule has 0 bridgehead atoms. The highest BCUT2D eigenvalue weighted by Crippen LogP contribution is 2.24. The molecule has 0 aromatic carbocycles. The number of allylic oxidation sites excluding steroid dienone is 10. The molecule has 80 valence electrons. The average Bonchev–Trinajstić information content (AvgIpc) is 2.31. The van der Waals surface area contributed by atoms with Crippen LogP contribution < -0.4 is 0 Å². The third-order valence-electron chi connectivity index (χ3n) is 2.35. The summed E-state index contributed by atoms with van der Waals surface area (Å²) in [5.41, 5.74) is 1.92. The normalized spacial score (nSPS) is 19.4. The lowest BCUT2D eigenvalue weighted by Gasteiger charge is -2.09. The van der Waals surface area contributed by atoms with E-state index in [-0.39, 0.29) is 11.6 Å². The van der Waals surface area contributed by atoms with E-state index in [9.17, 15) is 9.59 Å². The van der Waals surface area contributed by atoms with Crippen LogP contribution in [0.3, 0.4) is 0 Å². The summed E-state index contributed by atoms with van der Waals surface area (Å²) in [6.45, 7) is 0. The summed E-state index contributed by atoms with van der Waals surface area (Å²) < 4.78 is 0. The van der Waals surface area contributed by atoms with E-state index in [1.165, 1.54) is 23.9 Å². The number of hydrogen-bond donors (Lipinski definition) is 0. The van der Waals surface area contributed by atoms with Gasteiger partial charge in [-0.2, -0.15) is 0 Å². The Bertz CT molecular complexity index is 484. The topological polar surface area (TPSA) is 34.1 Å². The predicted octanol–water partition coefficient (Wildman–Crippen LogP) is 2.36. The van der Waals surface area contributed by atoms with E-state index >= 15 is 0 Å². The summed E-state index contributed by atoms with van der Waals surface area (Å²) in [5.74, 6) is 0.0333. The molecule has 0 aromatic rings. The first-order valence-corrected chi connectivity index (χ1v) is 6.05. The van der Waals surface area contributed by atoms with Gasteiger partial charge in [0.05, 0.1) is 4.91 Å². The van der Waals surface area contributed by atoms with Crippen molar-refractivity contribution in [1.82, 2.24) is 0 Å². The van der Waals surface area contributed by atoms with Gasteiger partial charge in [0.25, 0.3) is 0 Å².